The summed E-state index contributed by atoms with van der Waals surface area (Å²) >= 11 is 0. The van der Waals surface area contributed by atoms with Gasteiger partial charge >= 0.3 is 12.1 Å². The minimum atomic E-state index is -1.10. The first-order valence-corrected chi connectivity index (χ1v) is 7.38. The predicted octanol–water partition coefficient (Wildman–Crippen LogP) is 0.428. The van der Waals surface area contributed by atoms with Gasteiger partial charge in [0.05, 0.1) is 19.9 Å². The van der Waals surface area contributed by atoms with Crippen LogP contribution >= 0.6 is 0 Å². The number of amides is 2. The highest BCUT2D eigenvalue weighted by Gasteiger charge is 2.46. The van der Waals surface area contributed by atoms with E-state index in [1.54, 1.807) is 18.2 Å². The van der Waals surface area contributed by atoms with E-state index in [2.05, 4.69) is 10.1 Å². The number of nitrogens with zero attached hydrogens (tertiary/aromatic N) is 1. The van der Waals surface area contributed by atoms with Gasteiger partial charge in [-0.15, -0.1) is 0 Å². The zero-order chi connectivity index (χ0) is 17.4. The zero-order valence-electron chi connectivity index (χ0n) is 13.2. The number of hydrogen-bond donors (Lipinski definition) is 1. The van der Waals surface area contributed by atoms with Gasteiger partial charge in [-0.05, 0) is 11.6 Å². The molecule has 8 nitrogen and oxygen atoms in total. The number of methoxy groups -OCH3 is 2. The summed E-state index contributed by atoms with van der Waals surface area (Å²) in [5.74, 6) is -1.39. The summed E-state index contributed by atoms with van der Waals surface area (Å²) < 4.78 is 9.29. The Balaban J connectivity index is 2.08. The van der Waals surface area contributed by atoms with E-state index in [1.807, 2.05) is 0 Å². The first-order chi connectivity index (χ1) is 11.5. The van der Waals surface area contributed by atoms with Crippen LogP contribution in [0.4, 0.5) is 10.5 Å². The summed E-state index contributed by atoms with van der Waals surface area (Å²) in [5.41, 5.74) is 1.52. The van der Waals surface area contributed by atoms with Crippen LogP contribution in [-0.2, 0) is 25.5 Å². The van der Waals surface area contributed by atoms with Crippen LogP contribution in [-0.4, -0.2) is 50.1 Å². The lowest BCUT2D eigenvalue weighted by Crippen LogP contribution is -2.52. The van der Waals surface area contributed by atoms with E-state index in [0.717, 1.165) is 12.7 Å². The molecule has 2 aliphatic rings. The number of anilines is 1. The number of carbonyl (C=O) groups is 4. The van der Waals surface area contributed by atoms with Gasteiger partial charge in [0.15, 0.2) is 5.78 Å². The maximum absolute atomic E-state index is 12.9. The summed E-state index contributed by atoms with van der Waals surface area (Å²) in [6.07, 6.45) is -0.754. The van der Waals surface area contributed by atoms with Gasteiger partial charge in [0, 0.05) is 18.4 Å². The van der Waals surface area contributed by atoms with Crippen molar-refractivity contribution >= 4 is 29.4 Å². The molecule has 126 valence electrons. The van der Waals surface area contributed by atoms with E-state index in [-0.39, 0.29) is 18.6 Å². The van der Waals surface area contributed by atoms with Crippen LogP contribution in [0.5, 0.6) is 0 Å². The number of ketones is 1. The molecule has 1 aromatic rings. The van der Waals surface area contributed by atoms with Gasteiger partial charge in [-0.2, -0.15) is 0 Å². The van der Waals surface area contributed by atoms with Gasteiger partial charge in [0.2, 0.25) is 0 Å². The normalized spacial score (nSPS) is 21.8. The molecule has 2 heterocycles. The molecular formula is C16H16N2O6. The second-order valence-corrected chi connectivity index (χ2v) is 5.58. The van der Waals surface area contributed by atoms with Crippen molar-refractivity contribution in [1.29, 1.82) is 0 Å². The third-order valence-electron chi connectivity index (χ3n) is 4.26. The highest BCUT2D eigenvalue weighted by molar-refractivity contribution is 6.16. The van der Waals surface area contributed by atoms with Crippen LogP contribution in [0.3, 0.4) is 0 Å². The average molecular weight is 332 g/mol. The number of hydrogen-bond acceptors (Lipinski definition) is 6. The van der Waals surface area contributed by atoms with Crippen molar-refractivity contribution in [3.8, 4) is 0 Å². The number of esters is 1. The summed E-state index contributed by atoms with van der Waals surface area (Å²) in [7, 11) is 2.40. The van der Waals surface area contributed by atoms with Crippen LogP contribution in [0.25, 0.3) is 0 Å². The lowest BCUT2D eigenvalue weighted by Gasteiger charge is -2.26. The fourth-order valence-electron chi connectivity index (χ4n) is 3.17. The number of rotatable bonds is 2. The van der Waals surface area contributed by atoms with Crippen LogP contribution in [0.2, 0.25) is 0 Å². The van der Waals surface area contributed by atoms with Crippen LogP contribution in [0.15, 0.2) is 18.2 Å². The Bertz CT molecular complexity index is 744. The number of para-hydroxylation sites is 1. The molecule has 0 fully saturated rings. The molecule has 0 radical (unpaired) electrons. The Morgan fingerprint density at radius 2 is 1.92 bits per heavy atom. The SMILES string of the molecule is COC(=O)N[C@H]1CC(=O)c2cccc3c2N(C1=O)[C@H](C(=O)OC)C3. The highest BCUT2D eigenvalue weighted by Crippen LogP contribution is 2.39. The summed E-state index contributed by atoms with van der Waals surface area (Å²) in [6.45, 7) is 0. The maximum atomic E-state index is 12.9. The molecule has 0 aliphatic carbocycles. The van der Waals surface area contributed by atoms with Gasteiger partial charge in [0.1, 0.15) is 12.1 Å². The van der Waals surface area contributed by atoms with Crippen LogP contribution in [0, 0.1) is 0 Å². The summed E-state index contributed by atoms with van der Waals surface area (Å²) in [4.78, 5) is 50.3. The summed E-state index contributed by atoms with van der Waals surface area (Å²) in [5, 5.41) is 2.36. The minimum absolute atomic E-state index is 0.200. The average Bonchev–Trinajstić information content (AvgIpc) is 2.94. The molecule has 0 saturated carbocycles. The second-order valence-electron chi connectivity index (χ2n) is 5.58. The lowest BCUT2D eigenvalue weighted by molar-refractivity contribution is -0.143. The van der Waals surface area contributed by atoms with E-state index in [4.69, 9.17) is 4.74 Å². The molecule has 0 unspecified atom stereocenters. The topological polar surface area (TPSA) is 102 Å². The number of ether oxygens (including phenoxy) is 2. The van der Waals surface area contributed by atoms with Crippen molar-refractivity contribution in [2.45, 2.75) is 24.9 Å². The van der Waals surface area contributed by atoms with Crippen molar-refractivity contribution < 1.29 is 28.7 Å². The number of nitrogens with one attached hydrogen (secondary N) is 1. The third kappa shape index (κ3) is 2.40. The maximum Gasteiger partial charge on any atom is 0.407 e. The molecule has 0 spiro atoms. The fourth-order valence-corrected chi connectivity index (χ4v) is 3.17. The van der Waals surface area contributed by atoms with Gasteiger partial charge in [-0.25, -0.2) is 9.59 Å². The Kier molecular flexibility index (Phi) is 3.96. The number of alkyl carbamates (subject to hydrolysis) is 1. The van der Waals surface area contributed by atoms with E-state index < -0.39 is 30.1 Å². The van der Waals surface area contributed by atoms with E-state index >= 15 is 0 Å². The Labute approximate surface area is 137 Å². The summed E-state index contributed by atoms with van der Waals surface area (Å²) in [6, 6.07) is 3.13. The molecule has 0 bridgehead atoms. The fraction of sp³-hybridized carbons (Fsp3) is 0.375. The minimum Gasteiger partial charge on any atom is -0.467 e. The largest absolute Gasteiger partial charge is 0.467 e. The third-order valence-corrected chi connectivity index (χ3v) is 4.26. The number of benzene rings is 1. The molecule has 1 N–H and O–H groups in total. The molecule has 2 amide bonds. The smallest absolute Gasteiger partial charge is 0.407 e. The quantitative estimate of drug-likeness (QED) is 0.788. The second kappa shape index (κ2) is 5.95. The standard InChI is InChI=1S/C16H16N2O6/c1-23-15(21)11-6-8-4-3-5-9-12(19)7-10(17-16(22)24-2)14(20)18(11)13(8)9/h3-5,10-11H,6-7H2,1-2H3,(H,17,22)/t10-,11-/m0/s1. The monoisotopic (exact) mass is 332 g/mol. The molecule has 2 atom stereocenters. The highest BCUT2D eigenvalue weighted by atomic mass is 16.5. The molecule has 3 rings (SSSR count). The Morgan fingerprint density at radius 1 is 1.17 bits per heavy atom. The molecule has 24 heavy (non-hydrogen) atoms. The molecule has 8 heteroatoms. The van der Waals surface area contributed by atoms with Gasteiger partial charge < -0.3 is 14.8 Å². The first kappa shape index (κ1) is 16.0. The molecule has 1 aromatic carbocycles. The molecule has 0 saturated heterocycles. The van der Waals surface area contributed by atoms with Crippen LogP contribution in [0.1, 0.15) is 22.3 Å². The Morgan fingerprint density at radius 3 is 2.58 bits per heavy atom. The van der Waals surface area contributed by atoms with E-state index in [9.17, 15) is 19.2 Å². The van der Waals surface area contributed by atoms with Gasteiger partial charge in [0.25, 0.3) is 5.91 Å². The zero-order valence-corrected chi connectivity index (χ0v) is 13.2. The van der Waals surface area contributed by atoms with Crippen molar-refractivity contribution in [1.82, 2.24) is 5.32 Å². The predicted molar refractivity (Wildman–Crippen MR) is 81.7 cm³/mol. The number of Topliss-reactive ketones (excluding diaryl/α,β-unsaturated/α-hetero) is 1. The Hall–Kier alpha value is -2.90. The molecule has 2 aliphatic heterocycles. The van der Waals surface area contributed by atoms with Gasteiger partial charge in [-0.3, -0.25) is 14.5 Å². The molecule has 0 aromatic heterocycles. The van der Waals surface area contributed by atoms with Crippen molar-refractivity contribution in [2.24, 2.45) is 0 Å². The van der Waals surface area contributed by atoms with Crippen molar-refractivity contribution in [3.05, 3.63) is 29.3 Å². The van der Waals surface area contributed by atoms with E-state index in [0.29, 0.717) is 11.3 Å². The van der Waals surface area contributed by atoms with Crippen LogP contribution < -0.4 is 10.2 Å². The van der Waals surface area contributed by atoms with Gasteiger partial charge in [-0.1, -0.05) is 12.1 Å². The van der Waals surface area contributed by atoms with Crippen molar-refractivity contribution in [3.63, 3.8) is 0 Å². The lowest BCUT2D eigenvalue weighted by atomic mass is 10.0. The first-order valence-electron chi connectivity index (χ1n) is 7.38. The van der Waals surface area contributed by atoms with E-state index in [1.165, 1.54) is 12.0 Å². The molecular weight excluding hydrogens is 316 g/mol. The number of carbonyl (C=O) groups excluding carboxylic acids is 4. The van der Waals surface area contributed by atoms with Crippen molar-refractivity contribution in [2.75, 3.05) is 19.1 Å².